The van der Waals surface area contributed by atoms with Crippen LogP contribution in [0.2, 0.25) is 5.02 Å². The molecule has 0 atom stereocenters. The Hall–Kier alpha value is -2.98. The van der Waals surface area contributed by atoms with Gasteiger partial charge in [-0.2, -0.15) is 0 Å². The van der Waals surface area contributed by atoms with Gasteiger partial charge in [0.15, 0.2) is 0 Å². The van der Waals surface area contributed by atoms with Gasteiger partial charge in [0.25, 0.3) is 5.91 Å². The highest BCUT2D eigenvalue weighted by Gasteiger charge is 2.09. The van der Waals surface area contributed by atoms with Crippen molar-refractivity contribution in [1.82, 2.24) is 9.97 Å². The molecular weight excluding hydrogens is 322 g/mol. The van der Waals surface area contributed by atoms with E-state index < -0.39 is 0 Å². The number of carbonyl (C=O) groups is 1. The highest BCUT2D eigenvalue weighted by atomic mass is 35.5. The van der Waals surface area contributed by atoms with Gasteiger partial charge in [0.05, 0.1) is 11.0 Å². The fourth-order valence-electron chi connectivity index (χ4n) is 2.58. The molecule has 4 rings (SSSR count). The van der Waals surface area contributed by atoms with Gasteiger partial charge in [0, 0.05) is 27.6 Å². The van der Waals surface area contributed by atoms with Crippen molar-refractivity contribution >= 4 is 45.1 Å². The Kier molecular flexibility index (Phi) is 3.59. The maximum absolute atomic E-state index is 12.3. The normalized spacial score (nSPS) is 10.9. The molecule has 2 aromatic heterocycles. The van der Waals surface area contributed by atoms with E-state index in [0.29, 0.717) is 16.4 Å². The van der Waals surface area contributed by atoms with Crippen LogP contribution in [0.15, 0.2) is 66.9 Å². The van der Waals surface area contributed by atoms with Crippen LogP contribution in [0.1, 0.15) is 10.4 Å². The molecule has 0 saturated heterocycles. The number of amides is 1. The fraction of sp³-hybridized carbons (Fsp3) is 0. The van der Waals surface area contributed by atoms with E-state index in [9.17, 15) is 4.79 Å². The second kappa shape index (κ2) is 5.91. The van der Waals surface area contributed by atoms with Crippen molar-refractivity contribution in [2.75, 3.05) is 5.32 Å². The first kappa shape index (κ1) is 14.6. The zero-order chi connectivity index (χ0) is 16.5. The predicted molar refractivity (Wildman–Crippen MR) is 96.4 cm³/mol. The Bertz CT molecular complexity index is 1060. The van der Waals surface area contributed by atoms with Crippen LogP contribution in [0.5, 0.6) is 0 Å². The SMILES string of the molecule is O=C(Nc1ccc2ccc3cccnc3c2n1)c1ccc(Cl)cc1. The monoisotopic (exact) mass is 333 g/mol. The first-order chi connectivity index (χ1) is 11.7. The lowest BCUT2D eigenvalue weighted by Crippen LogP contribution is -2.12. The zero-order valence-corrected chi connectivity index (χ0v) is 13.3. The summed E-state index contributed by atoms with van der Waals surface area (Å²) in [6.07, 6.45) is 1.74. The first-order valence-corrected chi connectivity index (χ1v) is 7.80. The number of rotatable bonds is 2. The Morgan fingerprint density at radius 1 is 0.875 bits per heavy atom. The Balaban J connectivity index is 1.73. The van der Waals surface area contributed by atoms with Crippen LogP contribution in [0.4, 0.5) is 5.82 Å². The van der Waals surface area contributed by atoms with Crippen molar-refractivity contribution in [3.05, 3.63) is 77.4 Å². The number of nitrogens with zero attached hydrogens (tertiary/aromatic N) is 2. The average molecular weight is 334 g/mol. The first-order valence-electron chi connectivity index (χ1n) is 7.42. The van der Waals surface area contributed by atoms with Crippen molar-refractivity contribution in [3.63, 3.8) is 0 Å². The zero-order valence-electron chi connectivity index (χ0n) is 12.5. The highest BCUT2D eigenvalue weighted by Crippen LogP contribution is 2.23. The van der Waals surface area contributed by atoms with Crippen LogP contribution >= 0.6 is 11.6 Å². The number of halogens is 1. The summed E-state index contributed by atoms with van der Waals surface area (Å²) < 4.78 is 0. The van der Waals surface area contributed by atoms with Gasteiger partial charge < -0.3 is 5.32 Å². The molecule has 2 heterocycles. The summed E-state index contributed by atoms with van der Waals surface area (Å²) in [5.74, 6) is 0.257. The van der Waals surface area contributed by atoms with E-state index in [1.807, 2.05) is 30.3 Å². The van der Waals surface area contributed by atoms with Gasteiger partial charge in [-0.1, -0.05) is 29.8 Å². The van der Waals surface area contributed by atoms with Crippen molar-refractivity contribution in [1.29, 1.82) is 0 Å². The van der Waals surface area contributed by atoms with Crippen molar-refractivity contribution in [3.8, 4) is 0 Å². The van der Waals surface area contributed by atoms with Crippen molar-refractivity contribution in [2.45, 2.75) is 0 Å². The molecule has 5 heteroatoms. The van der Waals surface area contributed by atoms with Gasteiger partial charge in [0.2, 0.25) is 0 Å². The van der Waals surface area contributed by atoms with E-state index >= 15 is 0 Å². The van der Waals surface area contributed by atoms with Gasteiger partial charge in [-0.15, -0.1) is 0 Å². The molecule has 4 nitrogen and oxygen atoms in total. The molecule has 24 heavy (non-hydrogen) atoms. The Morgan fingerprint density at radius 2 is 1.58 bits per heavy atom. The number of hydrogen-bond donors (Lipinski definition) is 1. The van der Waals surface area contributed by atoms with Gasteiger partial charge in [-0.3, -0.25) is 9.78 Å². The summed E-state index contributed by atoms with van der Waals surface area (Å²) in [5.41, 5.74) is 2.11. The van der Waals surface area contributed by atoms with Gasteiger partial charge in [0.1, 0.15) is 5.82 Å². The number of pyridine rings is 2. The predicted octanol–water partition coefficient (Wildman–Crippen LogP) is 4.69. The molecule has 0 bridgehead atoms. The molecule has 4 aromatic rings. The molecule has 0 aliphatic rings. The Morgan fingerprint density at radius 3 is 2.38 bits per heavy atom. The maximum atomic E-state index is 12.3. The van der Waals surface area contributed by atoms with Crippen molar-refractivity contribution < 1.29 is 4.79 Å². The van der Waals surface area contributed by atoms with Crippen molar-refractivity contribution in [2.24, 2.45) is 0 Å². The summed E-state index contributed by atoms with van der Waals surface area (Å²) >= 11 is 5.85. The topological polar surface area (TPSA) is 54.9 Å². The number of carbonyl (C=O) groups excluding carboxylic acids is 1. The molecule has 116 valence electrons. The van der Waals surface area contributed by atoms with Crippen LogP contribution in [0, 0.1) is 0 Å². The lowest BCUT2D eigenvalue weighted by atomic mass is 10.1. The largest absolute Gasteiger partial charge is 0.307 e. The summed E-state index contributed by atoms with van der Waals surface area (Å²) in [5, 5.41) is 5.39. The fourth-order valence-corrected chi connectivity index (χ4v) is 2.71. The second-order valence-electron chi connectivity index (χ2n) is 5.37. The lowest BCUT2D eigenvalue weighted by molar-refractivity contribution is 0.102. The minimum atomic E-state index is -0.230. The van der Waals surface area contributed by atoms with Gasteiger partial charge in [-0.25, -0.2) is 4.98 Å². The van der Waals surface area contributed by atoms with E-state index in [-0.39, 0.29) is 5.91 Å². The third-order valence-electron chi connectivity index (χ3n) is 3.78. The molecule has 0 fully saturated rings. The van der Waals surface area contributed by atoms with Crippen LogP contribution in [-0.2, 0) is 0 Å². The number of hydrogen-bond acceptors (Lipinski definition) is 3. The van der Waals surface area contributed by atoms with Crippen LogP contribution in [0.3, 0.4) is 0 Å². The molecule has 0 saturated carbocycles. The number of fused-ring (bicyclic) bond motifs is 3. The summed E-state index contributed by atoms with van der Waals surface area (Å²) in [7, 11) is 0. The quantitative estimate of drug-likeness (QED) is 0.541. The summed E-state index contributed by atoms with van der Waals surface area (Å²) in [6, 6.07) is 18.3. The van der Waals surface area contributed by atoms with E-state index in [0.717, 1.165) is 21.8 Å². The van der Waals surface area contributed by atoms with Crippen LogP contribution in [0.25, 0.3) is 21.8 Å². The molecule has 2 aromatic carbocycles. The minimum Gasteiger partial charge on any atom is -0.307 e. The molecular formula is C19H12ClN3O. The van der Waals surface area contributed by atoms with Crippen LogP contribution in [-0.4, -0.2) is 15.9 Å². The standard InChI is InChI=1S/C19H12ClN3O/c20-15-8-5-14(6-9-15)19(24)23-16-10-7-13-4-3-12-2-1-11-21-17(12)18(13)22-16/h1-11H,(H,22,23,24). The van der Waals surface area contributed by atoms with Gasteiger partial charge in [-0.05, 0) is 42.5 Å². The molecule has 0 radical (unpaired) electrons. The Labute approximate surface area is 143 Å². The van der Waals surface area contributed by atoms with E-state index in [1.54, 1.807) is 36.5 Å². The van der Waals surface area contributed by atoms with Crippen LogP contribution < -0.4 is 5.32 Å². The molecule has 0 spiro atoms. The molecule has 0 aliphatic heterocycles. The minimum absolute atomic E-state index is 0.230. The lowest BCUT2D eigenvalue weighted by Gasteiger charge is -2.07. The van der Waals surface area contributed by atoms with E-state index in [2.05, 4.69) is 15.3 Å². The smallest absolute Gasteiger partial charge is 0.256 e. The van der Waals surface area contributed by atoms with E-state index in [4.69, 9.17) is 11.6 Å². The number of anilines is 1. The molecule has 1 N–H and O–H groups in total. The number of benzene rings is 2. The highest BCUT2D eigenvalue weighted by molar-refractivity contribution is 6.30. The summed E-state index contributed by atoms with van der Waals surface area (Å²) in [6.45, 7) is 0. The average Bonchev–Trinajstić information content (AvgIpc) is 2.62. The second-order valence-corrected chi connectivity index (χ2v) is 5.81. The van der Waals surface area contributed by atoms with Gasteiger partial charge >= 0.3 is 0 Å². The van der Waals surface area contributed by atoms with E-state index in [1.165, 1.54) is 0 Å². The molecule has 0 aliphatic carbocycles. The molecule has 0 unspecified atom stereocenters. The summed E-state index contributed by atoms with van der Waals surface area (Å²) in [4.78, 5) is 21.3. The number of nitrogens with one attached hydrogen (secondary N) is 1. The maximum Gasteiger partial charge on any atom is 0.256 e. The number of aromatic nitrogens is 2. The molecule has 1 amide bonds. The third kappa shape index (κ3) is 2.68. The third-order valence-corrected chi connectivity index (χ3v) is 4.03.